The van der Waals surface area contributed by atoms with Gasteiger partial charge in [-0.3, -0.25) is 4.79 Å². The lowest BCUT2D eigenvalue weighted by molar-refractivity contribution is -0.122. The third kappa shape index (κ3) is 10.5. The molecule has 0 heterocycles. The summed E-state index contributed by atoms with van der Waals surface area (Å²) in [4.78, 5) is 11.5. The quantitative estimate of drug-likeness (QED) is 0.368. The third-order valence-electron chi connectivity index (χ3n) is 2.63. The second kappa shape index (κ2) is 12.0. The van der Waals surface area contributed by atoms with Crippen molar-refractivity contribution in [1.82, 2.24) is 5.32 Å². The molecule has 0 aromatic rings. The molecule has 0 aliphatic heterocycles. The number of hydrogen-bond donors (Lipinski definition) is 2. The van der Waals surface area contributed by atoms with E-state index in [1.165, 1.54) is 0 Å². The van der Waals surface area contributed by atoms with Crippen LogP contribution in [0.3, 0.4) is 0 Å². The number of rotatable bonds is 10. The molecule has 1 amide bonds. The lowest BCUT2D eigenvalue weighted by atomic mass is 10.1. The number of unbranched alkanes of at least 4 members (excludes halogenated alkanes) is 1. The lowest BCUT2D eigenvalue weighted by Crippen LogP contribution is -2.40. The molecule has 3 nitrogen and oxygen atoms in total. The van der Waals surface area contributed by atoms with Crippen molar-refractivity contribution in [3.8, 4) is 0 Å². The number of alkyl halides is 1. The molecule has 0 aromatic heterocycles. The fourth-order valence-electron chi connectivity index (χ4n) is 1.45. The van der Waals surface area contributed by atoms with Crippen molar-refractivity contribution >= 4 is 17.5 Å². The maximum absolute atomic E-state index is 11.5. The smallest absolute Gasteiger partial charge is 0.220 e. The summed E-state index contributed by atoms with van der Waals surface area (Å²) >= 11 is 5.54. The summed E-state index contributed by atoms with van der Waals surface area (Å²) in [6.45, 7) is 5.36. The molecule has 19 heavy (non-hydrogen) atoms. The number of carbonyl (C=O) groups excluding carboxylic acids is 1. The highest BCUT2D eigenvalue weighted by molar-refractivity contribution is 6.17. The Morgan fingerprint density at radius 1 is 1.37 bits per heavy atom. The minimum absolute atomic E-state index is 0.0350. The zero-order chi connectivity index (χ0) is 14.5. The van der Waals surface area contributed by atoms with Crippen molar-refractivity contribution in [2.75, 3.05) is 5.88 Å². The Morgan fingerprint density at radius 3 is 2.74 bits per heavy atom. The Kier molecular flexibility index (Phi) is 11.3. The van der Waals surface area contributed by atoms with Crippen LogP contribution in [0.2, 0.25) is 0 Å². The van der Waals surface area contributed by atoms with Gasteiger partial charge in [0.25, 0.3) is 0 Å². The Morgan fingerprint density at radius 2 is 2.11 bits per heavy atom. The number of aliphatic hydroxyl groups is 1. The Bertz CT molecular complexity index is 313. The molecule has 0 bridgehead atoms. The second-order valence-corrected chi connectivity index (χ2v) is 4.73. The zero-order valence-electron chi connectivity index (χ0n) is 11.5. The van der Waals surface area contributed by atoms with Crippen LogP contribution in [-0.4, -0.2) is 29.0 Å². The Labute approximate surface area is 121 Å². The maximum Gasteiger partial charge on any atom is 0.220 e. The van der Waals surface area contributed by atoms with E-state index in [9.17, 15) is 9.90 Å². The van der Waals surface area contributed by atoms with Crippen LogP contribution in [0.25, 0.3) is 0 Å². The first kappa shape index (κ1) is 17.9. The minimum Gasteiger partial charge on any atom is -0.391 e. The van der Waals surface area contributed by atoms with Crippen LogP contribution in [-0.2, 0) is 4.79 Å². The van der Waals surface area contributed by atoms with Gasteiger partial charge >= 0.3 is 0 Å². The fraction of sp³-hybridized carbons (Fsp3) is 0.533. The van der Waals surface area contributed by atoms with E-state index in [1.807, 2.05) is 24.3 Å². The number of halogens is 1. The van der Waals surface area contributed by atoms with Crippen LogP contribution in [0.5, 0.6) is 0 Å². The molecule has 0 saturated carbocycles. The van der Waals surface area contributed by atoms with E-state index in [-0.39, 0.29) is 11.9 Å². The van der Waals surface area contributed by atoms with Crippen molar-refractivity contribution in [2.24, 2.45) is 0 Å². The van der Waals surface area contributed by atoms with E-state index in [0.717, 1.165) is 12.8 Å². The molecule has 0 fully saturated rings. The highest BCUT2D eigenvalue weighted by Gasteiger charge is 2.14. The van der Waals surface area contributed by atoms with Crippen LogP contribution in [0.15, 0.2) is 37.0 Å². The number of nitrogens with one attached hydrogen (secondary N) is 1. The first-order valence-corrected chi connectivity index (χ1v) is 7.13. The molecule has 2 N–H and O–H groups in total. The molecule has 0 radical (unpaired) electrons. The first-order valence-electron chi connectivity index (χ1n) is 6.59. The van der Waals surface area contributed by atoms with E-state index in [2.05, 4.69) is 11.9 Å². The van der Waals surface area contributed by atoms with E-state index in [0.29, 0.717) is 18.7 Å². The molecule has 0 unspecified atom stereocenters. The van der Waals surface area contributed by atoms with Gasteiger partial charge in [0.15, 0.2) is 0 Å². The summed E-state index contributed by atoms with van der Waals surface area (Å²) in [5.74, 6) is 0.543. The Balaban J connectivity index is 3.88. The van der Waals surface area contributed by atoms with E-state index < -0.39 is 6.10 Å². The predicted molar refractivity (Wildman–Crippen MR) is 81.3 cm³/mol. The average Bonchev–Trinajstić information content (AvgIpc) is 2.38. The molecular weight excluding hydrogens is 262 g/mol. The fourth-order valence-corrected chi connectivity index (χ4v) is 1.63. The number of carbonyl (C=O) groups is 1. The molecule has 0 spiro atoms. The molecule has 108 valence electrons. The normalized spacial score (nSPS) is 14.7. The van der Waals surface area contributed by atoms with E-state index in [4.69, 9.17) is 11.6 Å². The summed E-state index contributed by atoms with van der Waals surface area (Å²) in [6.07, 6.45) is 11.1. The van der Waals surface area contributed by atoms with Crippen LogP contribution < -0.4 is 5.32 Å². The molecule has 4 heteroatoms. The van der Waals surface area contributed by atoms with Crippen molar-refractivity contribution in [3.63, 3.8) is 0 Å². The zero-order valence-corrected chi connectivity index (χ0v) is 12.3. The molecule has 0 aliphatic rings. The second-order valence-electron chi connectivity index (χ2n) is 4.35. The molecule has 0 saturated heterocycles. The van der Waals surface area contributed by atoms with Gasteiger partial charge in [0.1, 0.15) is 0 Å². The standard InChI is InChI=1S/C15H24ClNO2/c1-3-4-5-6-7-10-14(18)13(2)17-15(19)11-8-9-12-16/h3-7,13-14,18H,1,8-12H2,2H3,(H,17,19)/b5-4-,7-6-/t13-,14-/m1/s1. The highest BCUT2D eigenvalue weighted by atomic mass is 35.5. The number of aliphatic hydroxyl groups excluding tert-OH is 1. The highest BCUT2D eigenvalue weighted by Crippen LogP contribution is 2.02. The van der Waals surface area contributed by atoms with Gasteiger partial charge in [-0.25, -0.2) is 0 Å². The topological polar surface area (TPSA) is 49.3 Å². The molecule has 0 aliphatic carbocycles. The number of hydrogen-bond acceptors (Lipinski definition) is 2. The van der Waals surface area contributed by atoms with Gasteiger partial charge in [0.05, 0.1) is 12.1 Å². The summed E-state index contributed by atoms with van der Waals surface area (Å²) in [7, 11) is 0. The van der Waals surface area contributed by atoms with E-state index in [1.54, 1.807) is 13.0 Å². The van der Waals surface area contributed by atoms with Crippen molar-refractivity contribution in [2.45, 2.75) is 44.8 Å². The van der Waals surface area contributed by atoms with Gasteiger partial charge in [-0.15, -0.1) is 11.6 Å². The summed E-state index contributed by atoms with van der Waals surface area (Å²) in [5.41, 5.74) is 0. The maximum atomic E-state index is 11.5. The van der Waals surface area contributed by atoms with Crippen LogP contribution in [0, 0.1) is 0 Å². The van der Waals surface area contributed by atoms with E-state index >= 15 is 0 Å². The van der Waals surface area contributed by atoms with Crippen LogP contribution in [0.1, 0.15) is 32.6 Å². The van der Waals surface area contributed by atoms with Gasteiger partial charge in [-0.05, 0) is 26.2 Å². The molecule has 2 atom stereocenters. The van der Waals surface area contributed by atoms with Crippen molar-refractivity contribution in [1.29, 1.82) is 0 Å². The number of amides is 1. The number of allylic oxidation sites excluding steroid dienone is 4. The molecule has 0 rings (SSSR count). The molecular formula is C15H24ClNO2. The van der Waals surface area contributed by atoms with Crippen molar-refractivity contribution in [3.05, 3.63) is 37.0 Å². The summed E-state index contributed by atoms with van der Waals surface area (Å²) in [5, 5.41) is 12.7. The van der Waals surface area contributed by atoms with Gasteiger partial charge < -0.3 is 10.4 Å². The third-order valence-corrected chi connectivity index (χ3v) is 2.89. The van der Waals surface area contributed by atoms with Crippen LogP contribution in [0.4, 0.5) is 0 Å². The molecule has 0 aromatic carbocycles. The average molecular weight is 286 g/mol. The van der Waals surface area contributed by atoms with Gasteiger partial charge in [-0.1, -0.05) is 37.0 Å². The first-order chi connectivity index (χ1) is 9.11. The monoisotopic (exact) mass is 285 g/mol. The lowest BCUT2D eigenvalue weighted by Gasteiger charge is -2.19. The van der Waals surface area contributed by atoms with Crippen molar-refractivity contribution < 1.29 is 9.90 Å². The summed E-state index contributed by atoms with van der Waals surface area (Å²) < 4.78 is 0. The largest absolute Gasteiger partial charge is 0.391 e. The SMILES string of the molecule is C=C/C=C\C=C/C[C@@H](O)[C@@H](C)NC(=O)CCCCCl. The van der Waals surface area contributed by atoms with Gasteiger partial charge in [-0.2, -0.15) is 0 Å². The minimum atomic E-state index is -0.578. The summed E-state index contributed by atoms with van der Waals surface area (Å²) in [6, 6.07) is -0.253. The predicted octanol–water partition coefficient (Wildman–Crippen LogP) is 2.95. The van der Waals surface area contributed by atoms with Crippen LogP contribution >= 0.6 is 11.6 Å². The Hall–Kier alpha value is -1.06. The van der Waals surface area contributed by atoms with Gasteiger partial charge in [0.2, 0.25) is 5.91 Å². The van der Waals surface area contributed by atoms with Gasteiger partial charge in [0, 0.05) is 12.3 Å².